The van der Waals surface area contributed by atoms with E-state index in [2.05, 4.69) is 48.5 Å². The first-order valence-corrected chi connectivity index (χ1v) is 8.75. The fraction of sp³-hybridized carbons (Fsp3) is 0.227. The summed E-state index contributed by atoms with van der Waals surface area (Å²) in [6.45, 7) is 1.56. The van der Waals surface area contributed by atoms with Gasteiger partial charge in [-0.25, -0.2) is 0 Å². The van der Waals surface area contributed by atoms with Crippen molar-refractivity contribution in [3.63, 3.8) is 0 Å². The van der Waals surface area contributed by atoms with E-state index in [0.29, 0.717) is 19.8 Å². The summed E-state index contributed by atoms with van der Waals surface area (Å²) >= 11 is 0. The lowest BCUT2D eigenvalue weighted by atomic mass is 9.99. The molecule has 0 aromatic heterocycles. The Labute approximate surface area is 153 Å². The molecule has 3 aromatic rings. The number of carbonyl (C=O) groups excluding carboxylic acids is 1. The first kappa shape index (κ1) is 16.8. The first-order valence-electron chi connectivity index (χ1n) is 8.75. The van der Waals surface area contributed by atoms with Gasteiger partial charge in [-0.05, 0) is 34.0 Å². The fourth-order valence-electron chi connectivity index (χ4n) is 3.37. The number of anilines is 1. The molecular formula is C22H21NO3. The SMILES string of the molecule is COCCN1C(=O)COCc2ccc(-c3ccc4ccccc4c3)cc21. The second-order valence-electron chi connectivity index (χ2n) is 6.44. The summed E-state index contributed by atoms with van der Waals surface area (Å²) in [5.41, 5.74) is 4.16. The highest BCUT2D eigenvalue weighted by Gasteiger charge is 2.23. The lowest BCUT2D eigenvalue weighted by Gasteiger charge is -2.22. The van der Waals surface area contributed by atoms with Crippen molar-refractivity contribution >= 4 is 22.4 Å². The molecule has 4 nitrogen and oxygen atoms in total. The molecule has 26 heavy (non-hydrogen) atoms. The van der Waals surface area contributed by atoms with Crippen LogP contribution >= 0.6 is 0 Å². The molecule has 0 radical (unpaired) electrons. The maximum Gasteiger partial charge on any atom is 0.253 e. The Morgan fingerprint density at radius 2 is 1.73 bits per heavy atom. The summed E-state index contributed by atoms with van der Waals surface area (Å²) in [5.74, 6) is -0.0311. The van der Waals surface area contributed by atoms with Crippen LogP contribution in [0.1, 0.15) is 5.56 Å². The predicted octanol–water partition coefficient (Wildman–Crippen LogP) is 4.02. The molecule has 0 spiro atoms. The lowest BCUT2D eigenvalue weighted by molar-refractivity contribution is -0.123. The van der Waals surface area contributed by atoms with Gasteiger partial charge in [-0.1, -0.05) is 48.5 Å². The number of fused-ring (bicyclic) bond motifs is 2. The number of hydrogen-bond acceptors (Lipinski definition) is 3. The smallest absolute Gasteiger partial charge is 0.253 e. The predicted molar refractivity (Wildman–Crippen MR) is 103 cm³/mol. The minimum atomic E-state index is -0.0311. The lowest BCUT2D eigenvalue weighted by Crippen LogP contribution is -2.35. The Kier molecular flexibility index (Phi) is 4.69. The monoisotopic (exact) mass is 347 g/mol. The maximum absolute atomic E-state index is 12.5. The van der Waals surface area contributed by atoms with E-state index in [-0.39, 0.29) is 12.5 Å². The fourth-order valence-corrected chi connectivity index (χ4v) is 3.37. The molecule has 0 N–H and O–H groups in total. The normalized spacial score (nSPS) is 14.3. The molecule has 1 heterocycles. The van der Waals surface area contributed by atoms with Gasteiger partial charge in [0.15, 0.2) is 0 Å². The van der Waals surface area contributed by atoms with Gasteiger partial charge in [0, 0.05) is 24.9 Å². The summed E-state index contributed by atoms with van der Waals surface area (Å²) < 4.78 is 10.7. The average Bonchev–Trinajstić information content (AvgIpc) is 2.83. The second-order valence-corrected chi connectivity index (χ2v) is 6.44. The number of nitrogens with zero attached hydrogens (tertiary/aromatic N) is 1. The average molecular weight is 347 g/mol. The van der Waals surface area contributed by atoms with Crippen LogP contribution in [0.4, 0.5) is 5.69 Å². The second kappa shape index (κ2) is 7.28. The third kappa shape index (κ3) is 3.21. The van der Waals surface area contributed by atoms with Gasteiger partial charge in [0.25, 0.3) is 5.91 Å². The van der Waals surface area contributed by atoms with E-state index >= 15 is 0 Å². The zero-order valence-electron chi connectivity index (χ0n) is 14.8. The number of rotatable bonds is 4. The van der Waals surface area contributed by atoms with Crippen LogP contribution in [-0.4, -0.2) is 32.8 Å². The number of hydrogen-bond donors (Lipinski definition) is 0. The van der Waals surface area contributed by atoms with Crippen LogP contribution in [0.5, 0.6) is 0 Å². The number of methoxy groups -OCH3 is 1. The molecule has 1 aliphatic heterocycles. The van der Waals surface area contributed by atoms with E-state index in [1.54, 1.807) is 12.0 Å². The third-order valence-electron chi connectivity index (χ3n) is 4.76. The molecule has 0 saturated heterocycles. The van der Waals surface area contributed by atoms with Crippen molar-refractivity contribution < 1.29 is 14.3 Å². The number of amides is 1. The molecule has 0 saturated carbocycles. The van der Waals surface area contributed by atoms with Crippen molar-refractivity contribution in [3.05, 3.63) is 66.2 Å². The first-order chi connectivity index (χ1) is 12.8. The van der Waals surface area contributed by atoms with Crippen LogP contribution in [0, 0.1) is 0 Å². The van der Waals surface area contributed by atoms with E-state index in [4.69, 9.17) is 9.47 Å². The minimum absolute atomic E-state index is 0.0311. The van der Waals surface area contributed by atoms with Crippen molar-refractivity contribution in [3.8, 4) is 11.1 Å². The van der Waals surface area contributed by atoms with E-state index in [0.717, 1.165) is 22.4 Å². The minimum Gasteiger partial charge on any atom is -0.383 e. The van der Waals surface area contributed by atoms with Gasteiger partial charge >= 0.3 is 0 Å². The van der Waals surface area contributed by atoms with Gasteiger partial charge in [-0.2, -0.15) is 0 Å². The number of ether oxygens (including phenoxy) is 2. The molecule has 0 aliphatic carbocycles. The summed E-state index contributed by atoms with van der Waals surface area (Å²) in [7, 11) is 1.64. The van der Waals surface area contributed by atoms with Crippen LogP contribution in [0.15, 0.2) is 60.7 Å². The van der Waals surface area contributed by atoms with E-state index in [1.165, 1.54) is 10.8 Å². The van der Waals surface area contributed by atoms with Crippen molar-refractivity contribution in [2.75, 3.05) is 31.8 Å². The quantitative estimate of drug-likeness (QED) is 0.716. The van der Waals surface area contributed by atoms with Gasteiger partial charge in [0.05, 0.1) is 13.2 Å². The molecule has 4 heteroatoms. The third-order valence-corrected chi connectivity index (χ3v) is 4.76. The highest BCUT2D eigenvalue weighted by molar-refractivity contribution is 5.96. The highest BCUT2D eigenvalue weighted by Crippen LogP contribution is 2.32. The van der Waals surface area contributed by atoms with Gasteiger partial charge in [0.1, 0.15) is 6.61 Å². The molecule has 0 unspecified atom stereocenters. The van der Waals surface area contributed by atoms with E-state index < -0.39 is 0 Å². The Hall–Kier alpha value is -2.69. The Morgan fingerprint density at radius 1 is 0.962 bits per heavy atom. The molecule has 0 bridgehead atoms. The van der Waals surface area contributed by atoms with Crippen molar-refractivity contribution in [2.24, 2.45) is 0 Å². The van der Waals surface area contributed by atoms with Crippen molar-refractivity contribution in [1.82, 2.24) is 0 Å². The van der Waals surface area contributed by atoms with Crippen molar-refractivity contribution in [1.29, 1.82) is 0 Å². The summed E-state index contributed by atoms with van der Waals surface area (Å²) in [4.78, 5) is 14.2. The molecule has 4 rings (SSSR count). The van der Waals surface area contributed by atoms with Gasteiger partial charge in [0.2, 0.25) is 0 Å². The van der Waals surface area contributed by atoms with Crippen molar-refractivity contribution in [2.45, 2.75) is 6.61 Å². The molecule has 3 aromatic carbocycles. The van der Waals surface area contributed by atoms with Crippen LogP contribution in [-0.2, 0) is 20.9 Å². The van der Waals surface area contributed by atoms with Crippen LogP contribution in [0.2, 0.25) is 0 Å². The molecule has 1 aliphatic rings. The maximum atomic E-state index is 12.5. The summed E-state index contributed by atoms with van der Waals surface area (Å²) in [6, 6.07) is 21.0. The van der Waals surface area contributed by atoms with Gasteiger partial charge in [-0.15, -0.1) is 0 Å². The Balaban J connectivity index is 1.77. The largest absolute Gasteiger partial charge is 0.383 e. The summed E-state index contributed by atoms with van der Waals surface area (Å²) in [5, 5.41) is 2.42. The Bertz CT molecular complexity index is 951. The van der Waals surface area contributed by atoms with Crippen LogP contribution < -0.4 is 4.90 Å². The zero-order chi connectivity index (χ0) is 17.9. The number of benzene rings is 3. The standard InChI is InChI=1S/C22H21NO3/c1-25-11-10-23-21-13-19(8-9-20(21)14-26-15-22(23)24)18-7-6-16-4-2-3-5-17(16)12-18/h2-9,12-13H,10-11,14-15H2,1H3. The number of carbonyl (C=O) groups is 1. The van der Waals surface area contributed by atoms with Gasteiger partial charge < -0.3 is 14.4 Å². The molecular weight excluding hydrogens is 326 g/mol. The highest BCUT2D eigenvalue weighted by atomic mass is 16.5. The van der Waals surface area contributed by atoms with E-state index in [1.807, 2.05) is 12.1 Å². The van der Waals surface area contributed by atoms with Gasteiger partial charge in [-0.3, -0.25) is 4.79 Å². The summed E-state index contributed by atoms with van der Waals surface area (Å²) in [6.07, 6.45) is 0. The van der Waals surface area contributed by atoms with Crippen LogP contribution in [0.25, 0.3) is 21.9 Å². The molecule has 0 fully saturated rings. The zero-order valence-corrected chi connectivity index (χ0v) is 14.8. The molecule has 132 valence electrons. The Morgan fingerprint density at radius 3 is 2.58 bits per heavy atom. The van der Waals surface area contributed by atoms with Crippen LogP contribution in [0.3, 0.4) is 0 Å². The molecule has 1 amide bonds. The topological polar surface area (TPSA) is 38.8 Å². The van der Waals surface area contributed by atoms with E-state index in [9.17, 15) is 4.79 Å². The molecule has 0 atom stereocenters.